The number of benzene rings is 2. The lowest BCUT2D eigenvalue weighted by atomic mass is 10.2. The summed E-state index contributed by atoms with van der Waals surface area (Å²) >= 11 is 0. The molecule has 6 N–H and O–H groups in total. The number of anilines is 5. The van der Waals surface area contributed by atoms with Crippen LogP contribution >= 0.6 is 0 Å². The Morgan fingerprint density at radius 3 is 2.32 bits per heavy atom. The minimum atomic E-state index is -0.517. The standard InChI is InChI=1S/C27H32N8O3/c1-4-15-29-25-20(17-30-27(34-25)31-19-13-11-18(12-14-19)24(28)37)26(38)33-22-9-6-5-8-21(22)32-23(36)10-7-16-35(2)3/h5-14,17H,4,15-16H2,1-3H3,(H2,28,37)(H,32,36)(H,33,38)(H2,29,30,31,34)/b10-7+. The first-order chi connectivity index (χ1) is 18.3. The van der Waals surface area contributed by atoms with E-state index in [9.17, 15) is 14.4 Å². The molecule has 0 unspecified atom stereocenters. The second-order valence-electron chi connectivity index (χ2n) is 8.60. The third-order valence-electron chi connectivity index (χ3n) is 5.17. The van der Waals surface area contributed by atoms with Gasteiger partial charge in [-0.15, -0.1) is 0 Å². The Morgan fingerprint density at radius 1 is 1.00 bits per heavy atom. The number of likely N-dealkylation sites (N-methyl/N-ethyl adjacent to an activating group) is 1. The Labute approximate surface area is 221 Å². The van der Waals surface area contributed by atoms with Crippen molar-refractivity contribution in [3.63, 3.8) is 0 Å². The molecule has 0 saturated heterocycles. The first-order valence-corrected chi connectivity index (χ1v) is 12.1. The molecule has 0 radical (unpaired) electrons. The van der Waals surface area contributed by atoms with Gasteiger partial charge in [0.15, 0.2) is 0 Å². The van der Waals surface area contributed by atoms with Gasteiger partial charge < -0.3 is 31.9 Å². The lowest BCUT2D eigenvalue weighted by molar-refractivity contribution is -0.111. The summed E-state index contributed by atoms with van der Waals surface area (Å²) in [6, 6.07) is 13.5. The van der Waals surface area contributed by atoms with E-state index in [2.05, 4.69) is 31.2 Å². The predicted octanol–water partition coefficient (Wildman–Crippen LogP) is 3.45. The quantitative estimate of drug-likeness (QED) is 0.229. The summed E-state index contributed by atoms with van der Waals surface area (Å²) in [5.41, 5.74) is 7.46. The van der Waals surface area contributed by atoms with Crippen LogP contribution < -0.4 is 27.0 Å². The van der Waals surface area contributed by atoms with Crippen LogP contribution in [0.5, 0.6) is 0 Å². The molecular weight excluding hydrogens is 484 g/mol. The predicted molar refractivity (Wildman–Crippen MR) is 150 cm³/mol. The smallest absolute Gasteiger partial charge is 0.261 e. The van der Waals surface area contributed by atoms with E-state index in [0.717, 1.165) is 6.42 Å². The van der Waals surface area contributed by atoms with Crippen molar-refractivity contribution in [2.45, 2.75) is 13.3 Å². The van der Waals surface area contributed by atoms with E-state index in [4.69, 9.17) is 5.73 Å². The normalized spacial score (nSPS) is 10.8. The van der Waals surface area contributed by atoms with E-state index in [1.165, 1.54) is 12.3 Å². The van der Waals surface area contributed by atoms with Gasteiger partial charge in [0.1, 0.15) is 11.4 Å². The van der Waals surface area contributed by atoms with E-state index in [0.29, 0.717) is 41.5 Å². The van der Waals surface area contributed by atoms with Gasteiger partial charge in [0.2, 0.25) is 17.8 Å². The fourth-order valence-corrected chi connectivity index (χ4v) is 3.27. The first kappa shape index (κ1) is 27.8. The van der Waals surface area contributed by atoms with Crippen molar-refractivity contribution in [3.8, 4) is 0 Å². The van der Waals surface area contributed by atoms with E-state index in [1.807, 2.05) is 25.9 Å². The Hall–Kier alpha value is -4.77. The molecule has 0 aliphatic carbocycles. The molecular formula is C27H32N8O3. The Kier molecular flexibility index (Phi) is 9.89. The van der Waals surface area contributed by atoms with Gasteiger partial charge in [-0.1, -0.05) is 25.1 Å². The van der Waals surface area contributed by atoms with Crippen LogP contribution in [0.1, 0.15) is 34.1 Å². The summed E-state index contributed by atoms with van der Waals surface area (Å²) in [5, 5.41) is 11.8. The van der Waals surface area contributed by atoms with E-state index < -0.39 is 11.8 Å². The van der Waals surface area contributed by atoms with Crippen molar-refractivity contribution >= 4 is 46.5 Å². The maximum absolute atomic E-state index is 13.2. The van der Waals surface area contributed by atoms with Gasteiger partial charge in [-0.25, -0.2) is 4.98 Å². The van der Waals surface area contributed by atoms with Gasteiger partial charge in [0, 0.05) is 36.6 Å². The fraction of sp³-hybridized carbons (Fsp3) is 0.222. The molecule has 2 aromatic carbocycles. The van der Waals surface area contributed by atoms with Crippen LogP contribution in [0.2, 0.25) is 0 Å². The number of hydrogen-bond acceptors (Lipinski definition) is 8. The monoisotopic (exact) mass is 516 g/mol. The van der Waals surface area contributed by atoms with Gasteiger partial charge in [-0.3, -0.25) is 14.4 Å². The number of hydrogen-bond donors (Lipinski definition) is 5. The summed E-state index contributed by atoms with van der Waals surface area (Å²) in [4.78, 5) is 47.5. The van der Waals surface area contributed by atoms with Crippen LogP contribution in [-0.2, 0) is 4.79 Å². The molecule has 0 bridgehead atoms. The van der Waals surface area contributed by atoms with Gasteiger partial charge in [-0.2, -0.15) is 4.98 Å². The highest BCUT2D eigenvalue weighted by Crippen LogP contribution is 2.24. The van der Waals surface area contributed by atoms with Crippen LogP contribution in [0.4, 0.5) is 28.8 Å². The number of carbonyl (C=O) groups excluding carboxylic acids is 3. The van der Waals surface area contributed by atoms with Gasteiger partial charge in [0.25, 0.3) is 5.91 Å². The SMILES string of the molecule is CCCNc1nc(Nc2ccc(C(N)=O)cc2)ncc1C(=O)Nc1ccccc1NC(=O)/C=C/CN(C)C. The molecule has 0 saturated carbocycles. The number of amides is 3. The lowest BCUT2D eigenvalue weighted by Crippen LogP contribution is -2.19. The molecule has 3 rings (SSSR count). The highest BCUT2D eigenvalue weighted by atomic mass is 16.2. The molecule has 0 spiro atoms. The maximum Gasteiger partial charge on any atom is 0.261 e. The number of nitrogens with two attached hydrogens (primary N) is 1. The molecule has 0 atom stereocenters. The highest BCUT2D eigenvalue weighted by molar-refractivity contribution is 6.10. The second-order valence-corrected chi connectivity index (χ2v) is 8.60. The molecule has 3 amide bonds. The Bertz CT molecular complexity index is 1310. The minimum Gasteiger partial charge on any atom is -0.369 e. The molecule has 11 heteroatoms. The van der Waals surface area contributed by atoms with E-state index >= 15 is 0 Å². The van der Waals surface area contributed by atoms with Gasteiger partial charge >= 0.3 is 0 Å². The van der Waals surface area contributed by atoms with Crippen molar-refractivity contribution in [1.82, 2.24) is 14.9 Å². The zero-order valence-electron chi connectivity index (χ0n) is 21.6. The second kappa shape index (κ2) is 13.5. The molecule has 3 aromatic rings. The number of nitrogens with zero attached hydrogens (tertiary/aromatic N) is 3. The molecule has 0 aliphatic rings. The van der Waals surface area contributed by atoms with Crippen LogP contribution in [0.25, 0.3) is 0 Å². The number of nitrogens with one attached hydrogen (secondary N) is 4. The van der Waals surface area contributed by atoms with E-state index in [-0.39, 0.29) is 17.4 Å². The van der Waals surface area contributed by atoms with Crippen molar-refractivity contribution in [1.29, 1.82) is 0 Å². The van der Waals surface area contributed by atoms with Crippen molar-refractivity contribution in [2.24, 2.45) is 5.73 Å². The zero-order chi connectivity index (χ0) is 27.5. The first-order valence-electron chi connectivity index (χ1n) is 12.1. The Balaban J connectivity index is 1.78. The molecule has 0 fully saturated rings. The summed E-state index contributed by atoms with van der Waals surface area (Å²) in [6.07, 6.45) is 5.44. The van der Waals surface area contributed by atoms with E-state index in [1.54, 1.807) is 54.6 Å². The summed E-state index contributed by atoms with van der Waals surface area (Å²) < 4.78 is 0. The average molecular weight is 517 g/mol. The summed E-state index contributed by atoms with van der Waals surface area (Å²) in [7, 11) is 3.82. The third-order valence-corrected chi connectivity index (χ3v) is 5.17. The van der Waals surface area contributed by atoms with Crippen molar-refractivity contribution in [2.75, 3.05) is 48.5 Å². The average Bonchev–Trinajstić information content (AvgIpc) is 2.88. The molecule has 1 aromatic heterocycles. The molecule has 198 valence electrons. The van der Waals surface area contributed by atoms with Gasteiger partial charge in [-0.05, 0) is 56.9 Å². The van der Waals surface area contributed by atoms with Crippen LogP contribution in [0.3, 0.4) is 0 Å². The maximum atomic E-state index is 13.2. The summed E-state index contributed by atoms with van der Waals surface area (Å²) in [5.74, 6) is -0.642. The molecule has 0 aliphatic heterocycles. The van der Waals surface area contributed by atoms with Crippen molar-refractivity contribution in [3.05, 3.63) is 78.0 Å². The lowest BCUT2D eigenvalue weighted by Gasteiger charge is -2.15. The number of rotatable bonds is 12. The third kappa shape index (κ3) is 8.14. The number of primary amides is 1. The molecule has 11 nitrogen and oxygen atoms in total. The zero-order valence-corrected chi connectivity index (χ0v) is 21.6. The van der Waals surface area contributed by atoms with Crippen LogP contribution in [0.15, 0.2) is 66.9 Å². The van der Waals surface area contributed by atoms with Crippen molar-refractivity contribution < 1.29 is 14.4 Å². The number of carbonyl (C=O) groups is 3. The minimum absolute atomic E-state index is 0.236. The molecule has 38 heavy (non-hydrogen) atoms. The number of aromatic nitrogens is 2. The topological polar surface area (TPSA) is 154 Å². The summed E-state index contributed by atoms with van der Waals surface area (Å²) in [6.45, 7) is 3.22. The molecule has 1 heterocycles. The van der Waals surface area contributed by atoms with Crippen LogP contribution in [-0.4, -0.2) is 59.8 Å². The van der Waals surface area contributed by atoms with Crippen LogP contribution in [0, 0.1) is 0 Å². The largest absolute Gasteiger partial charge is 0.369 e. The number of para-hydroxylation sites is 2. The fourth-order valence-electron chi connectivity index (χ4n) is 3.27. The highest BCUT2D eigenvalue weighted by Gasteiger charge is 2.17. The Morgan fingerprint density at radius 2 is 1.68 bits per heavy atom. The van der Waals surface area contributed by atoms with Gasteiger partial charge in [0.05, 0.1) is 11.4 Å².